The second kappa shape index (κ2) is 8.68. The lowest BCUT2D eigenvalue weighted by Crippen LogP contribution is -2.42. The molecule has 0 aliphatic heterocycles. The van der Waals surface area contributed by atoms with Crippen LogP contribution in [0.2, 0.25) is 0 Å². The molecule has 1 aromatic carbocycles. The molecule has 0 aromatic heterocycles. The Morgan fingerprint density at radius 3 is 2.41 bits per heavy atom. The van der Waals surface area contributed by atoms with Crippen LogP contribution in [-0.2, 0) is 11.3 Å². The number of thioether (sulfide) groups is 1. The van der Waals surface area contributed by atoms with Gasteiger partial charge >= 0.3 is 5.97 Å². The van der Waals surface area contributed by atoms with E-state index in [-0.39, 0.29) is 10.7 Å². The van der Waals surface area contributed by atoms with Crippen LogP contribution in [-0.4, -0.2) is 43.6 Å². The molecule has 0 unspecified atom stereocenters. The maximum Gasteiger partial charge on any atom is 0.337 e. The summed E-state index contributed by atoms with van der Waals surface area (Å²) in [4.78, 5) is 15.6. The first kappa shape index (κ1) is 18.4. The summed E-state index contributed by atoms with van der Waals surface area (Å²) >= 11 is 1.81. The van der Waals surface area contributed by atoms with Crippen LogP contribution in [0.4, 0.5) is 0 Å². The number of nitrogens with one attached hydrogen (secondary N) is 2. The normalized spacial score (nSPS) is 12.0. The van der Waals surface area contributed by atoms with Crippen molar-refractivity contribution in [1.82, 2.24) is 10.6 Å². The van der Waals surface area contributed by atoms with E-state index in [9.17, 15) is 4.79 Å². The van der Waals surface area contributed by atoms with Crippen molar-refractivity contribution in [1.29, 1.82) is 0 Å². The van der Waals surface area contributed by atoms with Gasteiger partial charge in [-0.1, -0.05) is 12.1 Å². The number of methoxy groups -OCH3 is 1. The van der Waals surface area contributed by atoms with Crippen molar-refractivity contribution in [3.8, 4) is 0 Å². The number of carbonyl (C=O) groups excluding carboxylic acids is 1. The number of esters is 1. The molecule has 2 N–H and O–H groups in total. The zero-order valence-electron chi connectivity index (χ0n) is 13.9. The summed E-state index contributed by atoms with van der Waals surface area (Å²) in [5, 5.41) is 6.57. The van der Waals surface area contributed by atoms with Crippen LogP contribution in [0.25, 0.3) is 0 Å². The second-order valence-corrected chi connectivity index (χ2v) is 6.95. The highest BCUT2D eigenvalue weighted by atomic mass is 32.2. The quantitative estimate of drug-likeness (QED) is 0.478. The van der Waals surface area contributed by atoms with Gasteiger partial charge in [-0.25, -0.2) is 4.79 Å². The van der Waals surface area contributed by atoms with E-state index in [4.69, 9.17) is 0 Å². The van der Waals surface area contributed by atoms with Gasteiger partial charge in [0.25, 0.3) is 0 Å². The van der Waals surface area contributed by atoms with Crippen LogP contribution in [0.1, 0.15) is 29.8 Å². The first-order valence-electron chi connectivity index (χ1n) is 7.09. The Morgan fingerprint density at radius 1 is 1.27 bits per heavy atom. The van der Waals surface area contributed by atoms with Gasteiger partial charge in [0.2, 0.25) is 0 Å². The maximum absolute atomic E-state index is 11.4. The summed E-state index contributed by atoms with van der Waals surface area (Å²) in [6.07, 6.45) is 2.10. The smallest absolute Gasteiger partial charge is 0.337 e. The maximum atomic E-state index is 11.4. The van der Waals surface area contributed by atoms with Crippen molar-refractivity contribution in [2.75, 3.05) is 27.0 Å². The van der Waals surface area contributed by atoms with Gasteiger partial charge in [0.05, 0.1) is 12.7 Å². The number of ether oxygens (including phenoxy) is 1. The van der Waals surface area contributed by atoms with Crippen molar-refractivity contribution < 1.29 is 9.53 Å². The molecule has 0 amide bonds. The molecule has 0 fully saturated rings. The standard InChI is InChI=1S/C16H25N3O2S/c1-16(2,22-5)11-19-15(17-3)18-10-12-6-8-13(9-7-12)14(20)21-4/h6-9H,10-11H2,1-5H3,(H2,17,18,19). The molecule has 0 radical (unpaired) electrons. The van der Waals surface area contributed by atoms with E-state index in [1.165, 1.54) is 7.11 Å². The summed E-state index contributed by atoms with van der Waals surface area (Å²) < 4.78 is 4.83. The largest absolute Gasteiger partial charge is 0.465 e. The molecule has 6 heteroatoms. The molecular weight excluding hydrogens is 298 g/mol. The Labute approximate surface area is 136 Å². The van der Waals surface area contributed by atoms with E-state index in [0.717, 1.165) is 18.1 Å². The van der Waals surface area contributed by atoms with Gasteiger partial charge < -0.3 is 15.4 Å². The van der Waals surface area contributed by atoms with E-state index < -0.39 is 0 Å². The van der Waals surface area contributed by atoms with Crippen LogP contribution < -0.4 is 10.6 Å². The molecule has 0 aliphatic rings. The van der Waals surface area contributed by atoms with Crippen molar-refractivity contribution >= 4 is 23.7 Å². The first-order valence-corrected chi connectivity index (χ1v) is 8.31. The summed E-state index contributed by atoms with van der Waals surface area (Å²) in [5.41, 5.74) is 1.62. The molecule has 0 saturated heterocycles. The van der Waals surface area contributed by atoms with Crippen LogP contribution in [0.3, 0.4) is 0 Å². The Balaban J connectivity index is 2.51. The Bertz CT molecular complexity index is 513. The van der Waals surface area contributed by atoms with Crippen LogP contribution in [0, 0.1) is 0 Å². The van der Waals surface area contributed by atoms with Gasteiger partial charge in [0.15, 0.2) is 5.96 Å². The molecule has 22 heavy (non-hydrogen) atoms. The summed E-state index contributed by atoms with van der Waals surface area (Å²) in [6, 6.07) is 7.32. The SMILES string of the molecule is CN=C(NCc1ccc(C(=O)OC)cc1)NCC(C)(C)SC. The number of carbonyl (C=O) groups is 1. The fourth-order valence-electron chi connectivity index (χ4n) is 1.65. The minimum Gasteiger partial charge on any atom is -0.465 e. The van der Waals surface area contributed by atoms with E-state index in [0.29, 0.717) is 12.1 Å². The van der Waals surface area contributed by atoms with Gasteiger partial charge in [0, 0.05) is 24.9 Å². The van der Waals surface area contributed by atoms with Crippen LogP contribution in [0.5, 0.6) is 0 Å². The van der Waals surface area contributed by atoms with Crippen molar-refractivity contribution in [3.63, 3.8) is 0 Å². The lowest BCUT2D eigenvalue weighted by Gasteiger charge is -2.23. The molecule has 0 heterocycles. The molecule has 1 rings (SSSR count). The molecule has 0 bridgehead atoms. The van der Waals surface area contributed by atoms with E-state index in [1.807, 2.05) is 23.9 Å². The van der Waals surface area contributed by atoms with Crippen molar-refractivity contribution in [2.24, 2.45) is 4.99 Å². The topological polar surface area (TPSA) is 62.7 Å². The van der Waals surface area contributed by atoms with E-state index in [1.54, 1.807) is 19.2 Å². The summed E-state index contributed by atoms with van der Waals surface area (Å²) in [5.74, 6) is 0.440. The van der Waals surface area contributed by atoms with Gasteiger partial charge in [-0.2, -0.15) is 11.8 Å². The zero-order valence-corrected chi connectivity index (χ0v) is 14.7. The highest BCUT2D eigenvalue weighted by Crippen LogP contribution is 2.19. The van der Waals surface area contributed by atoms with Crippen molar-refractivity contribution in [2.45, 2.75) is 25.1 Å². The van der Waals surface area contributed by atoms with E-state index in [2.05, 4.69) is 40.5 Å². The highest BCUT2D eigenvalue weighted by Gasteiger charge is 2.16. The zero-order chi connectivity index (χ0) is 16.6. The second-order valence-electron chi connectivity index (χ2n) is 5.43. The monoisotopic (exact) mass is 323 g/mol. The fraction of sp³-hybridized carbons (Fsp3) is 0.500. The predicted molar refractivity (Wildman–Crippen MR) is 93.6 cm³/mol. The number of hydrogen-bond acceptors (Lipinski definition) is 4. The van der Waals surface area contributed by atoms with Crippen LogP contribution in [0.15, 0.2) is 29.3 Å². The number of rotatable bonds is 6. The minimum absolute atomic E-state index is 0.153. The fourth-order valence-corrected chi connectivity index (χ4v) is 1.87. The van der Waals surface area contributed by atoms with E-state index >= 15 is 0 Å². The number of guanidine groups is 1. The lowest BCUT2D eigenvalue weighted by atomic mass is 10.1. The Morgan fingerprint density at radius 2 is 1.91 bits per heavy atom. The molecule has 0 spiro atoms. The average Bonchev–Trinajstić information content (AvgIpc) is 2.54. The predicted octanol–water partition coefficient (Wildman–Crippen LogP) is 2.28. The first-order chi connectivity index (χ1) is 10.4. The third-order valence-corrected chi connectivity index (χ3v) is 4.54. The minimum atomic E-state index is -0.323. The number of nitrogens with zero attached hydrogens (tertiary/aromatic N) is 1. The number of hydrogen-bond donors (Lipinski definition) is 2. The molecule has 0 atom stereocenters. The lowest BCUT2D eigenvalue weighted by molar-refractivity contribution is 0.0600. The molecule has 122 valence electrons. The third kappa shape index (κ3) is 5.97. The third-order valence-electron chi connectivity index (χ3n) is 3.29. The van der Waals surface area contributed by atoms with Gasteiger partial charge in [-0.05, 0) is 37.8 Å². The summed E-state index contributed by atoms with van der Waals surface area (Å²) in [6.45, 7) is 5.84. The number of benzene rings is 1. The van der Waals surface area contributed by atoms with Crippen molar-refractivity contribution in [3.05, 3.63) is 35.4 Å². The molecular formula is C16H25N3O2S. The Hall–Kier alpha value is -1.69. The molecule has 5 nitrogen and oxygen atoms in total. The summed E-state index contributed by atoms with van der Waals surface area (Å²) in [7, 11) is 3.13. The van der Waals surface area contributed by atoms with Gasteiger partial charge in [0.1, 0.15) is 0 Å². The molecule has 1 aromatic rings. The number of aliphatic imine (C=N–C) groups is 1. The molecule has 0 saturated carbocycles. The Kier molecular flexibility index (Phi) is 7.24. The van der Waals surface area contributed by atoms with Crippen LogP contribution >= 0.6 is 11.8 Å². The van der Waals surface area contributed by atoms with Gasteiger partial charge in [-0.3, -0.25) is 4.99 Å². The van der Waals surface area contributed by atoms with Gasteiger partial charge in [-0.15, -0.1) is 0 Å². The average molecular weight is 323 g/mol. The highest BCUT2D eigenvalue weighted by molar-refractivity contribution is 7.99. The molecule has 0 aliphatic carbocycles.